The standard InChI is InChI=1S/C12H22N2O.C10H18O2/c1-9(2)10(3)8-11-4-6-14(7-5-11)12(13)15;1-8(2)10(11)12-9-6-4-3-5-7-9/h9,11H,3-8H2,1-2H3,(H2,13,15);8-9H,3-7H2,1-2H3. The van der Waals surface area contributed by atoms with Gasteiger partial charge < -0.3 is 15.4 Å². The van der Waals surface area contributed by atoms with Crippen molar-refractivity contribution in [3.63, 3.8) is 0 Å². The molecule has 1 saturated heterocycles. The fourth-order valence-corrected chi connectivity index (χ4v) is 3.45. The quantitative estimate of drug-likeness (QED) is 0.545. The highest BCUT2D eigenvalue weighted by molar-refractivity contribution is 5.72. The van der Waals surface area contributed by atoms with E-state index in [4.69, 9.17) is 10.5 Å². The highest BCUT2D eigenvalue weighted by Gasteiger charge is 2.22. The van der Waals surface area contributed by atoms with Crippen molar-refractivity contribution < 1.29 is 14.3 Å². The Labute approximate surface area is 165 Å². The second-order valence-electron chi connectivity index (χ2n) is 8.64. The van der Waals surface area contributed by atoms with Crippen LogP contribution in [0.1, 0.15) is 79.1 Å². The van der Waals surface area contributed by atoms with Gasteiger partial charge in [-0.25, -0.2) is 4.79 Å². The minimum absolute atomic E-state index is 0.0203. The average Bonchev–Trinajstić information content (AvgIpc) is 2.63. The van der Waals surface area contributed by atoms with Crippen molar-refractivity contribution in [1.82, 2.24) is 4.90 Å². The minimum atomic E-state index is -0.281. The van der Waals surface area contributed by atoms with Crippen molar-refractivity contribution in [3.05, 3.63) is 12.2 Å². The predicted octanol–water partition coefficient (Wildman–Crippen LogP) is 4.90. The van der Waals surface area contributed by atoms with Crippen molar-refractivity contribution in [2.75, 3.05) is 13.1 Å². The van der Waals surface area contributed by atoms with Crippen LogP contribution in [0.5, 0.6) is 0 Å². The van der Waals surface area contributed by atoms with E-state index >= 15 is 0 Å². The monoisotopic (exact) mass is 380 g/mol. The van der Waals surface area contributed by atoms with E-state index in [0.29, 0.717) is 11.8 Å². The van der Waals surface area contributed by atoms with Crippen LogP contribution in [-0.2, 0) is 9.53 Å². The van der Waals surface area contributed by atoms with Crippen LogP contribution < -0.4 is 5.73 Å². The maximum absolute atomic E-state index is 11.2. The first-order valence-electron chi connectivity index (χ1n) is 10.6. The number of allylic oxidation sites excluding steroid dienone is 1. The smallest absolute Gasteiger partial charge is 0.314 e. The zero-order valence-corrected chi connectivity index (χ0v) is 17.8. The number of esters is 1. The van der Waals surface area contributed by atoms with Gasteiger partial charge in [-0.3, -0.25) is 4.79 Å². The first kappa shape index (κ1) is 23.5. The number of nitrogens with zero attached hydrogens (tertiary/aromatic N) is 1. The van der Waals surface area contributed by atoms with Crippen LogP contribution in [0.4, 0.5) is 4.79 Å². The summed E-state index contributed by atoms with van der Waals surface area (Å²) in [5.41, 5.74) is 6.56. The van der Waals surface area contributed by atoms with Crippen LogP contribution in [0.3, 0.4) is 0 Å². The van der Waals surface area contributed by atoms with E-state index in [1.165, 1.54) is 24.8 Å². The lowest BCUT2D eigenvalue weighted by Crippen LogP contribution is -2.41. The Morgan fingerprint density at radius 3 is 2.00 bits per heavy atom. The van der Waals surface area contributed by atoms with Crippen molar-refractivity contribution in [3.8, 4) is 0 Å². The highest BCUT2D eigenvalue weighted by atomic mass is 16.5. The normalized spacial score (nSPS) is 18.8. The van der Waals surface area contributed by atoms with Crippen LogP contribution in [0.25, 0.3) is 0 Å². The third kappa shape index (κ3) is 9.30. The van der Waals surface area contributed by atoms with Gasteiger partial charge in [-0.2, -0.15) is 0 Å². The van der Waals surface area contributed by atoms with E-state index in [0.717, 1.165) is 45.2 Å². The number of hydrogen-bond donors (Lipinski definition) is 1. The summed E-state index contributed by atoms with van der Waals surface area (Å²) in [4.78, 5) is 23.8. The Balaban J connectivity index is 0.000000277. The summed E-state index contributed by atoms with van der Waals surface area (Å²) >= 11 is 0. The van der Waals surface area contributed by atoms with Crippen molar-refractivity contribution >= 4 is 12.0 Å². The zero-order chi connectivity index (χ0) is 20.4. The molecule has 5 nitrogen and oxygen atoms in total. The predicted molar refractivity (Wildman–Crippen MR) is 110 cm³/mol. The van der Waals surface area contributed by atoms with Gasteiger partial charge in [-0.1, -0.05) is 46.3 Å². The molecule has 0 bridgehead atoms. The molecule has 0 unspecified atom stereocenters. The van der Waals surface area contributed by atoms with Gasteiger partial charge in [0.2, 0.25) is 0 Å². The topological polar surface area (TPSA) is 72.6 Å². The summed E-state index contributed by atoms with van der Waals surface area (Å²) in [6.45, 7) is 13.8. The Bertz CT molecular complexity index is 474. The number of carbonyl (C=O) groups is 2. The first-order chi connectivity index (χ1) is 12.7. The van der Waals surface area contributed by atoms with Crippen LogP contribution in [0.15, 0.2) is 12.2 Å². The highest BCUT2D eigenvalue weighted by Crippen LogP contribution is 2.26. The zero-order valence-electron chi connectivity index (χ0n) is 17.8. The molecule has 1 aliphatic heterocycles. The number of amides is 2. The Morgan fingerprint density at radius 2 is 1.56 bits per heavy atom. The molecule has 0 spiro atoms. The fraction of sp³-hybridized carbons (Fsp3) is 0.818. The number of piperidine rings is 1. The summed E-state index contributed by atoms with van der Waals surface area (Å²) in [5, 5.41) is 0. The lowest BCUT2D eigenvalue weighted by Gasteiger charge is -2.31. The Morgan fingerprint density at radius 1 is 1.00 bits per heavy atom. The summed E-state index contributed by atoms with van der Waals surface area (Å²) in [5.74, 6) is 1.24. The van der Waals surface area contributed by atoms with Gasteiger partial charge in [0, 0.05) is 13.1 Å². The SMILES string of the molecule is C=C(CC1CCN(C(N)=O)CC1)C(C)C.CC(C)C(=O)OC1CCCCC1. The summed E-state index contributed by atoms with van der Waals surface area (Å²) in [7, 11) is 0. The first-order valence-corrected chi connectivity index (χ1v) is 10.6. The van der Waals surface area contributed by atoms with Gasteiger partial charge in [0.25, 0.3) is 0 Å². The molecule has 2 amide bonds. The van der Waals surface area contributed by atoms with Gasteiger partial charge in [0.15, 0.2) is 0 Å². The fourth-order valence-electron chi connectivity index (χ4n) is 3.45. The number of likely N-dealkylation sites (tertiary alicyclic amines) is 1. The van der Waals surface area contributed by atoms with E-state index < -0.39 is 0 Å². The van der Waals surface area contributed by atoms with Gasteiger partial charge in [0.05, 0.1) is 5.92 Å². The second kappa shape index (κ2) is 12.0. The van der Waals surface area contributed by atoms with Crippen molar-refractivity contribution in [2.45, 2.75) is 85.2 Å². The van der Waals surface area contributed by atoms with Crippen molar-refractivity contribution in [2.24, 2.45) is 23.5 Å². The molecular formula is C22H40N2O3. The lowest BCUT2D eigenvalue weighted by atomic mass is 9.87. The van der Waals surface area contributed by atoms with E-state index in [1.807, 2.05) is 13.8 Å². The third-order valence-corrected chi connectivity index (χ3v) is 5.60. The number of urea groups is 1. The van der Waals surface area contributed by atoms with Gasteiger partial charge in [-0.15, -0.1) is 0 Å². The van der Waals surface area contributed by atoms with Crippen LogP contribution >= 0.6 is 0 Å². The van der Waals surface area contributed by atoms with Gasteiger partial charge in [-0.05, 0) is 56.8 Å². The lowest BCUT2D eigenvalue weighted by molar-refractivity contribution is -0.154. The molecule has 1 heterocycles. The molecule has 0 radical (unpaired) electrons. The molecule has 2 rings (SSSR count). The molecule has 0 aromatic rings. The molecule has 2 fully saturated rings. The van der Waals surface area contributed by atoms with E-state index in [1.54, 1.807) is 4.90 Å². The van der Waals surface area contributed by atoms with Gasteiger partial charge in [0.1, 0.15) is 6.10 Å². The van der Waals surface area contributed by atoms with Crippen molar-refractivity contribution in [1.29, 1.82) is 0 Å². The molecule has 27 heavy (non-hydrogen) atoms. The van der Waals surface area contributed by atoms with Crippen LogP contribution in [0.2, 0.25) is 0 Å². The third-order valence-electron chi connectivity index (χ3n) is 5.60. The maximum Gasteiger partial charge on any atom is 0.314 e. The molecule has 5 heteroatoms. The van der Waals surface area contributed by atoms with Gasteiger partial charge >= 0.3 is 12.0 Å². The van der Waals surface area contributed by atoms with E-state index in [9.17, 15) is 9.59 Å². The van der Waals surface area contributed by atoms with E-state index in [-0.39, 0.29) is 24.0 Å². The number of hydrogen-bond acceptors (Lipinski definition) is 3. The van der Waals surface area contributed by atoms with Crippen LogP contribution in [-0.4, -0.2) is 36.1 Å². The average molecular weight is 381 g/mol. The molecule has 1 saturated carbocycles. The Hall–Kier alpha value is -1.52. The summed E-state index contributed by atoms with van der Waals surface area (Å²) in [6.07, 6.45) is 9.32. The molecule has 0 aromatic heterocycles. The van der Waals surface area contributed by atoms with Crippen LogP contribution in [0, 0.1) is 17.8 Å². The number of primary amides is 1. The number of carbonyl (C=O) groups excluding carboxylic acids is 2. The summed E-state index contributed by atoms with van der Waals surface area (Å²) < 4.78 is 5.31. The van der Waals surface area contributed by atoms with E-state index in [2.05, 4.69) is 20.4 Å². The second-order valence-corrected chi connectivity index (χ2v) is 8.64. The number of rotatable bonds is 5. The largest absolute Gasteiger partial charge is 0.462 e. The molecular weight excluding hydrogens is 340 g/mol. The molecule has 0 atom stereocenters. The minimum Gasteiger partial charge on any atom is -0.462 e. The molecule has 0 aromatic carbocycles. The molecule has 2 N–H and O–H groups in total. The molecule has 2 aliphatic rings. The maximum atomic E-state index is 11.2. The molecule has 1 aliphatic carbocycles. The molecule has 156 valence electrons. The Kier molecular flexibility index (Phi) is 10.5. The summed E-state index contributed by atoms with van der Waals surface area (Å²) in [6, 6.07) is -0.281. The number of ether oxygens (including phenoxy) is 1. The number of nitrogens with two attached hydrogens (primary N) is 1.